The van der Waals surface area contributed by atoms with E-state index in [4.69, 9.17) is 14.2 Å². The van der Waals surface area contributed by atoms with Crippen molar-refractivity contribution in [3.63, 3.8) is 0 Å². The molecule has 0 saturated carbocycles. The molecule has 1 fully saturated rings. The molecule has 29 heavy (non-hydrogen) atoms. The number of ether oxygens (including phenoxy) is 3. The van der Waals surface area contributed by atoms with Crippen molar-refractivity contribution in [1.82, 2.24) is 0 Å². The van der Waals surface area contributed by atoms with Crippen LogP contribution >= 0.6 is 0 Å². The van der Waals surface area contributed by atoms with E-state index in [1.165, 1.54) is 0 Å². The summed E-state index contributed by atoms with van der Waals surface area (Å²) in [5, 5.41) is 40.0. The van der Waals surface area contributed by atoms with Crippen molar-refractivity contribution in [2.24, 2.45) is 0 Å². The molecule has 2 aromatic rings. The third-order valence-corrected chi connectivity index (χ3v) is 5.63. The molecule has 2 heterocycles. The zero-order valence-electron chi connectivity index (χ0n) is 16.1. The highest BCUT2D eigenvalue weighted by molar-refractivity contribution is 5.49. The second-order valence-electron chi connectivity index (χ2n) is 7.41. The van der Waals surface area contributed by atoms with Gasteiger partial charge in [0.2, 0.25) is 0 Å². The van der Waals surface area contributed by atoms with E-state index in [1.807, 2.05) is 43.3 Å². The minimum Gasteiger partial charge on any atom is -0.494 e. The summed E-state index contributed by atoms with van der Waals surface area (Å²) in [6.07, 6.45) is -5.89. The summed E-state index contributed by atoms with van der Waals surface area (Å²) < 4.78 is 17.0. The number of aliphatic hydroxyl groups excluding tert-OH is 4. The first-order valence-corrected chi connectivity index (χ1v) is 9.83. The molecular formula is C22H26O7. The minimum absolute atomic E-state index is 0.0190. The molecule has 6 atom stereocenters. The average Bonchev–Trinajstić information content (AvgIpc) is 3.16. The SMILES string of the molecule is CCOc1ccc(C2COc3ccc([C@@H]4O[C@H](CO)[C@@H](O)[C@H](O)[C@H]4O)cc32)cc1. The smallest absolute Gasteiger partial charge is 0.123 e. The topological polar surface area (TPSA) is 109 Å². The molecule has 2 aliphatic rings. The molecule has 0 aliphatic carbocycles. The van der Waals surface area contributed by atoms with Crippen molar-refractivity contribution in [2.45, 2.75) is 43.4 Å². The van der Waals surface area contributed by atoms with Crippen molar-refractivity contribution in [1.29, 1.82) is 0 Å². The summed E-state index contributed by atoms with van der Waals surface area (Å²) in [5.41, 5.74) is 2.70. The maximum Gasteiger partial charge on any atom is 0.123 e. The number of aliphatic hydroxyl groups is 4. The maximum absolute atomic E-state index is 10.4. The molecule has 0 aromatic heterocycles. The summed E-state index contributed by atoms with van der Waals surface area (Å²) >= 11 is 0. The van der Waals surface area contributed by atoms with Gasteiger partial charge >= 0.3 is 0 Å². The van der Waals surface area contributed by atoms with Crippen LogP contribution in [0.2, 0.25) is 0 Å². The first kappa shape index (κ1) is 20.1. The van der Waals surface area contributed by atoms with Gasteiger partial charge in [-0.2, -0.15) is 0 Å². The molecule has 0 radical (unpaired) electrons. The van der Waals surface area contributed by atoms with Crippen molar-refractivity contribution >= 4 is 0 Å². The van der Waals surface area contributed by atoms with Gasteiger partial charge in [0.05, 0.1) is 19.8 Å². The number of benzene rings is 2. The Kier molecular flexibility index (Phi) is 5.76. The van der Waals surface area contributed by atoms with Crippen molar-refractivity contribution in [3.8, 4) is 11.5 Å². The van der Waals surface area contributed by atoms with E-state index in [-0.39, 0.29) is 5.92 Å². The third-order valence-electron chi connectivity index (χ3n) is 5.63. The van der Waals surface area contributed by atoms with Crippen LogP contribution in [0.1, 0.15) is 35.6 Å². The highest BCUT2D eigenvalue weighted by atomic mass is 16.5. The first-order chi connectivity index (χ1) is 14.0. The van der Waals surface area contributed by atoms with Crippen LogP contribution in [0.15, 0.2) is 42.5 Å². The second-order valence-corrected chi connectivity index (χ2v) is 7.41. The molecular weight excluding hydrogens is 376 g/mol. The molecule has 1 saturated heterocycles. The number of fused-ring (bicyclic) bond motifs is 1. The maximum atomic E-state index is 10.4. The van der Waals surface area contributed by atoms with E-state index < -0.39 is 37.1 Å². The van der Waals surface area contributed by atoms with E-state index in [2.05, 4.69) is 0 Å². The van der Waals surface area contributed by atoms with Crippen molar-refractivity contribution in [2.75, 3.05) is 19.8 Å². The molecule has 0 amide bonds. The van der Waals surface area contributed by atoms with Gasteiger partial charge in [-0.3, -0.25) is 0 Å². The zero-order valence-corrected chi connectivity index (χ0v) is 16.1. The van der Waals surface area contributed by atoms with Crippen molar-refractivity contribution in [3.05, 3.63) is 59.2 Å². The summed E-state index contributed by atoms with van der Waals surface area (Å²) in [6, 6.07) is 13.4. The Morgan fingerprint density at radius 3 is 2.38 bits per heavy atom. The molecule has 0 bridgehead atoms. The van der Waals surface area contributed by atoms with Gasteiger partial charge in [-0.05, 0) is 42.3 Å². The number of rotatable bonds is 5. The lowest BCUT2D eigenvalue weighted by atomic mass is 9.87. The van der Waals surface area contributed by atoms with Crippen LogP contribution in [0.3, 0.4) is 0 Å². The fourth-order valence-corrected chi connectivity index (χ4v) is 4.03. The Balaban J connectivity index is 1.62. The largest absolute Gasteiger partial charge is 0.494 e. The summed E-state index contributed by atoms with van der Waals surface area (Å²) in [6.45, 7) is 2.60. The number of hydrogen-bond acceptors (Lipinski definition) is 7. The minimum atomic E-state index is -1.41. The Labute approximate surface area is 169 Å². The van der Waals surface area contributed by atoms with Gasteiger partial charge in [-0.15, -0.1) is 0 Å². The summed E-state index contributed by atoms with van der Waals surface area (Å²) in [5.74, 6) is 1.59. The van der Waals surface area contributed by atoms with Gasteiger partial charge in [-0.25, -0.2) is 0 Å². The van der Waals surface area contributed by atoms with E-state index in [0.29, 0.717) is 18.8 Å². The average molecular weight is 402 g/mol. The molecule has 4 N–H and O–H groups in total. The van der Waals surface area contributed by atoms with Gasteiger partial charge < -0.3 is 34.6 Å². The van der Waals surface area contributed by atoms with Gasteiger partial charge in [0, 0.05) is 11.5 Å². The summed E-state index contributed by atoms with van der Waals surface area (Å²) in [4.78, 5) is 0. The van der Waals surface area contributed by atoms with Crippen molar-refractivity contribution < 1.29 is 34.6 Å². The van der Waals surface area contributed by atoms with E-state index in [1.54, 1.807) is 6.07 Å². The molecule has 1 unspecified atom stereocenters. The standard InChI is InChI=1S/C22H26O7/c1-2-27-14-6-3-12(4-7-14)16-11-28-17-8-5-13(9-15(16)17)22-21(26)20(25)19(24)18(10-23)29-22/h3-9,16,18-26H,2,10-11H2,1H3/t16?,18-,19-,20+,21-,22+/m1/s1. The quantitative estimate of drug-likeness (QED) is 0.594. The first-order valence-electron chi connectivity index (χ1n) is 9.83. The fourth-order valence-electron chi connectivity index (χ4n) is 4.03. The fraction of sp³-hybridized carbons (Fsp3) is 0.455. The Morgan fingerprint density at radius 1 is 0.966 bits per heavy atom. The lowest BCUT2D eigenvalue weighted by Gasteiger charge is -2.40. The Bertz CT molecular complexity index is 836. The monoisotopic (exact) mass is 402 g/mol. The van der Waals surface area contributed by atoms with E-state index in [9.17, 15) is 20.4 Å². The summed E-state index contributed by atoms with van der Waals surface area (Å²) in [7, 11) is 0. The predicted octanol–water partition coefficient (Wildman–Crippen LogP) is 1.12. The molecule has 4 rings (SSSR count). The Morgan fingerprint density at radius 2 is 1.69 bits per heavy atom. The number of hydrogen-bond donors (Lipinski definition) is 4. The van der Waals surface area contributed by atoms with Crippen LogP contribution in [0.25, 0.3) is 0 Å². The lowest BCUT2D eigenvalue weighted by molar-refractivity contribution is -0.231. The molecule has 7 heteroatoms. The van der Waals surface area contributed by atoms with Crippen LogP contribution in [-0.2, 0) is 4.74 Å². The van der Waals surface area contributed by atoms with Gasteiger partial charge in [0.25, 0.3) is 0 Å². The van der Waals surface area contributed by atoms with Gasteiger partial charge in [-0.1, -0.05) is 18.2 Å². The van der Waals surface area contributed by atoms with E-state index in [0.717, 1.165) is 22.6 Å². The highest BCUT2D eigenvalue weighted by Gasteiger charge is 2.44. The molecule has 156 valence electrons. The Hall–Kier alpha value is -2.16. The van der Waals surface area contributed by atoms with Crippen LogP contribution < -0.4 is 9.47 Å². The van der Waals surface area contributed by atoms with Gasteiger partial charge in [0.15, 0.2) is 0 Å². The van der Waals surface area contributed by atoms with E-state index >= 15 is 0 Å². The third kappa shape index (κ3) is 3.72. The second kappa shape index (κ2) is 8.30. The van der Waals surface area contributed by atoms with Crippen LogP contribution in [-0.4, -0.2) is 64.7 Å². The van der Waals surface area contributed by atoms with Gasteiger partial charge in [0.1, 0.15) is 42.0 Å². The van der Waals surface area contributed by atoms with Crippen LogP contribution in [0.4, 0.5) is 0 Å². The molecule has 7 nitrogen and oxygen atoms in total. The molecule has 0 spiro atoms. The van der Waals surface area contributed by atoms with Crippen LogP contribution in [0, 0.1) is 0 Å². The molecule has 2 aromatic carbocycles. The lowest BCUT2D eigenvalue weighted by Crippen LogP contribution is -2.55. The van der Waals surface area contributed by atoms with Crippen LogP contribution in [0.5, 0.6) is 11.5 Å². The molecule has 2 aliphatic heterocycles. The zero-order chi connectivity index (χ0) is 20.5. The highest BCUT2D eigenvalue weighted by Crippen LogP contribution is 2.42. The predicted molar refractivity (Wildman–Crippen MR) is 104 cm³/mol. The normalized spacial score (nSPS) is 31.2.